The Labute approximate surface area is 136 Å². The summed E-state index contributed by atoms with van der Waals surface area (Å²) in [6.45, 7) is 2.70. The summed E-state index contributed by atoms with van der Waals surface area (Å²) in [4.78, 5) is 12.2. The molecule has 0 spiro atoms. The van der Waals surface area contributed by atoms with Gasteiger partial charge in [0.2, 0.25) is 0 Å². The van der Waals surface area contributed by atoms with Crippen LogP contribution in [0.1, 0.15) is 28.4 Å². The molecule has 0 heterocycles. The van der Waals surface area contributed by atoms with Gasteiger partial charge in [-0.1, -0.05) is 42.8 Å². The average Bonchev–Trinajstić information content (AvgIpc) is 2.55. The first-order valence-electron chi connectivity index (χ1n) is 7.33. The fourth-order valence-corrected chi connectivity index (χ4v) is 2.39. The first-order chi connectivity index (χ1) is 10.6. The molecule has 0 fully saturated rings. The molecule has 0 saturated carbocycles. The van der Waals surface area contributed by atoms with Gasteiger partial charge in [-0.25, -0.2) is 0 Å². The summed E-state index contributed by atoms with van der Waals surface area (Å²) in [7, 11) is 1.54. The molecule has 2 aromatic carbocycles. The normalized spacial score (nSPS) is 10.3. The number of amides is 1. The van der Waals surface area contributed by atoms with E-state index in [4.69, 9.17) is 16.3 Å². The largest absolute Gasteiger partial charge is 0.496 e. The zero-order valence-corrected chi connectivity index (χ0v) is 13.6. The lowest BCUT2D eigenvalue weighted by Crippen LogP contribution is -2.26. The Morgan fingerprint density at radius 2 is 1.82 bits per heavy atom. The molecular formula is C18H20ClNO2. The smallest absolute Gasteiger partial charge is 0.255 e. The summed E-state index contributed by atoms with van der Waals surface area (Å²) in [5, 5.41) is 3.42. The van der Waals surface area contributed by atoms with Crippen molar-refractivity contribution in [1.29, 1.82) is 0 Å². The number of aryl methyl sites for hydroxylation is 1. The quantitative estimate of drug-likeness (QED) is 0.878. The van der Waals surface area contributed by atoms with Crippen LogP contribution in [0.15, 0.2) is 42.5 Å². The van der Waals surface area contributed by atoms with Crippen molar-refractivity contribution in [2.75, 3.05) is 13.7 Å². The number of benzene rings is 2. The topological polar surface area (TPSA) is 38.3 Å². The van der Waals surface area contributed by atoms with Crippen LogP contribution in [0.4, 0.5) is 0 Å². The number of carbonyl (C=O) groups excluding carboxylic acids is 1. The second kappa shape index (κ2) is 7.85. The molecule has 116 valence electrons. The Hall–Kier alpha value is -2.00. The highest BCUT2D eigenvalue weighted by Crippen LogP contribution is 2.22. The molecule has 0 aromatic heterocycles. The molecule has 0 radical (unpaired) electrons. The predicted molar refractivity (Wildman–Crippen MR) is 89.9 cm³/mol. The third-order valence-corrected chi connectivity index (χ3v) is 3.77. The number of hydrogen-bond acceptors (Lipinski definition) is 2. The lowest BCUT2D eigenvalue weighted by molar-refractivity contribution is 0.0951. The van der Waals surface area contributed by atoms with Crippen LogP contribution in [-0.2, 0) is 12.8 Å². The van der Waals surface area contributed by atoms with E-state index in [1.54, 1.807) is 18.2 Å². The second-order valence-electron chi connectivity index (χ2n) is 5.02. The first-order valence-corrected chi connectivity index (χ1v) is 7.71. The van der Waals surface area contributed by atoms with Gasteiger partial charge in [-0.05, 0) is 42.2 Å². The minimum absolute atomic E-state index is 0.176. The van der Waals surface area contributed by atoms with Crippen molar-refractivity contribution in [2.24, 2.45) is 0 Å². The van der Waals surface area contributed by atoms with Gasteiger partial charge < -0.3 is 10.1 Å². The number of halogens is 1. The van der Waals surface area contributed by atoms with Crippen LogP contribution >= 0.6 is 11.6 Å². The number of ether oxygens (including phenoxy) is 1. The third kappa shape index (κ3) is 4.25. The fraction of sp³-hybridized carbons (Fsp3) is 0.278. The van der Waals surface area contributed by atoms with Gasteiger partial charge in [0, 0.05) is 11.6 Å². The summed E-state index contributed by atoms with van der Waals surface area (Å²) < 4.78 is 5.19. The molecule has 22 heavy (non-hydrogen) atoms. The van der Waals surface area contributed by atoms with Gasteiger partial charge in [0.1, 0.15) is 5.75 Å². The van der Waals surface area contributed by atoms with Crippen LogP contribution in [0.2, 0.25) is 5.02 Å². The summed E-state index contributed by atoms with van der Waals surface area (Å²) in [5.41, 5.74) is 2.98. The lowest BCUT2D eigenvalue weighted by atomic mass is 10.1. The SMILES string of the molecule is CCc1ccc(CCNC(=O)c2cc(Cl)ccc2OC)cc1. The van der Waals surface area contributed by atoms with Gasteiger partial charge >= 0.3 is 0 Å². The Kier molecular flexibility index (Phi) is 5.84. The average molecular weight is 318 g/mol. The molecule has 0 aliphatic heterocycles. The number of methoxy groups -OCH3 is 1. The monoisotopic (exact) mass is 317 g/mol. The van der Waals surface area contributed by atoms with Crippen LogP contribution in [0.5, 0.6) is 5.75 Å². The van der Waals surface area contributed by atoms with Crippen LogP contribution in [0.3, 0.4) is 0 Å². The fourth-order valence-electron chi connectivity index (χ4n) is 2.21. The minimum atomic E-state index is -0.176. The number of hydrogen-bond donors (Lipinski definition) is 1. The van der Waals surface area contributed by atoms with Crippen LogP contribution < -0.4 is 10.1 Å². The minimum Gasteiger partial charge on any atom is -0.496 e. The van der Waals surface area contributed by atoms with Crippen molar-refractivity contribution in [1.82, 2.24) is 5.32 Å². The Morgan fingerprint density at radius 1 is 1.14 bits per heavy atom. The van der Waals surface area contributed by atoms with E-state index in [1.165, 1.54) is 18.2 Å². The highest BCUT2D eigenvalue weighted by molar-refractivity contribution is 6.31. The van der Waals surface area contributed by atoms with Gasteiger partial charge in [0.15, 0.2) is 0 Å². The van der Waals surface area contributed by atoms with Crippen molar-refractivity contribution in [3.63, 3.8) is 0 Å². The van der Waals surface area contributed by atoms with E-state index in [0.717, 1.165) is 12.8 Å². The summed E-state index contributed by atoms with van der Waals surface area (Å²) >= 11 is 5.94. The Morgan fingerprint density at radius 3 is 2.45 bits per heavy atom. The maximum atomic E-state index is 12.2. The van der Waals surface area contributed by atoms with Gasteiger partial charge in [0.05, 0.1) is 12.7 Å². The van der Waals surface area contributed by atoms with E-state index < -0.39 is 0 Å². The molecule has 0 aliphatic rings. The van der Waals surface area contributed by atoms with Crippen molar-refractivity contribution in [3.8, 4) is 5.75 Å². The van der Waals surface area contributed by atoms with Crippen molar-refractivity contribution in [2.45, 2.75) is 19.8 Å². The highest BCUT2D eigenvalue weighted by Gasteiger charge is 2.12. The van der Waals surface area contributed by atoms with Gasteiger partial charge in [-0.3, -0.25) is 4.79 Å². The molecule has 0 unspecified atom stereocenters. The molecular weight excluding hydrogens is 298 g/mol. The standard InChI is InChI=1S/C18H20ClNO2/c1-3-13-4-6-14(7-5-13)10-11-20-18(21)16-12-15(19)8-9-17(16)22-2/h4-9,12H,3,10-11H2,1-2H3,(H,20,21). The molecule has 0 atom stereocenters. The third-order valence-electron chi connectivity index (χ3n) is 3.54. The summed E-state index contributed by atoms with van der Waals surface area (Å²) in [6, 6.07) is 13.5. The second-order valence-corrected chi connectivity index (χ2v) is 5.46. The van der Waals surface area contributed by atoms with Gasteiger partial charge in [-0.2, -0.15) is 0 Å². The van der Waals surface area contributed by atoms with E-state index in [2.05, 4.69) is 36.5 Å². The molecule has 3 nitrogen and oxygen atoms in total. The Bertz CT molecular complexity index is 638. The molecule has 2 aromatic rings. The van der Waals surface area contributed by atoms with Crippen LogP contribution in [0.25, 0.3) is 0 Å². The molecule has 0 bridgehead atoms. The molecule has 4 heteroatoms. The van der Waals surface area contributed by atoms with E-state index >= 15 is 0 Å². The van der Waals surface area contributed by atoms with Crippen LogP contribution in [-0.4, -0.2) is 19.6 Å². The zero-order chi connectivity index (χ0) is 15.9. The maximum absolute atomic E-state index is 12.2. The first kappa shape index (κ1) is 16.4. The zero-order valence-electron chi connectivity index (χ0n) is 12.9. The predicted octanol–water partition coefficient (Wildman–Crippen LogP) is 3.88. The van der Waals surface area contributed by atoms with E-state index in [-0.39, 0.29) is 5.91 Å². The van der Waals surface area contributed by atoms with E-state index in [1.807, 2.05) is 0 Å². The van der Waals surface area contributed by atoms with Crippen molar-refractivity contribution >= 4 is 17.5 Å². The molecule has 0 saturated heterocycles. The van der Waals surface area contributed by atoms with Crippen molar-refractivity contribution < 1.29 is 9.53 Å². The lowest BCUT2D eigenvalue weighted by Gasteiger charge is -2.10. The molecule has 2 rings (SSSR count). The Balaban J connectivity index is 1.93. The van der Waals surface area contributed by atoms with E-state index in [0.29, 0.717) is 22.9 Å². The van der Waals surface area contributed by atoms with Gasteiger partial charge in [0.25, 0.3) is 5.91 Å². The molecule has 1 N–H and O–H groups in total. The summed E-state index contributed by atoms with van der Waals surface area (Å²) in [5.74, 6) is 0.346. The van der Waals surface area contributed by atoms with Gasteiger partial charge in [-0.15, -0.1) is 0 Å². The van der Waals surface area contributed by atoms with Crippen molar-refractivity contribution in [3.05, 3.63) is 64.2 Å². The molecule has 1 amide bonds. The maximum Gasteiger partial charge on any atom is 0.255 e. The number of nitrogens with one attached hydrogen (secondary N) is 1. The van der Waals surface area contributed by atoms with Crippen LogP contribution in [0, 0.1) is 0 Å². The highest BCUT2D eigenvalue weighted by atomic mass is 35.5. The van der Waals surface area contributed by atoms with E-state index in [9.17, 15) is 4.79 Å². The number of carbonyl (C=O) groups is 1. The molecule has 0 aliphatic carbocycles. The number of rotatable bonds is 6. The summed E-state index contributed by atoms with van der Waals surface area (Å²) in [6.07, 6.45) is 1.82.